The fraction of sp³-hybridized carbons (Fsp3) is 0.0714. The Hall–Kier alpha value is -2.78. The second-order valence-electron chi connectivity index (χ2n) is 3.86. The van der Waals surface area contributed by atoms with Gasteiger partial charge in [-0.2, -0.15) is 5.26 Å². The molecule has 0 aliphatic carbocycles. The summed E-state index contributed by atoms with van der Waals surface area (Å²) in [7, 11) is 1.42. The minimum absolute atomic E-state index is 0.00319. The molecule has 0 radical (unpaired) electrons. The van der Waals surface area contributed by atoms with Crippen LogP contribution in [-0.4, -0.2) is 23.2 Å². The minimum Gasteiger partial charge on any atom is -0.493 e. The van der Waals surface area contributed by atoms with Crippen LogP contribution in [0.5, 0.6) is 17.4 Å². The lowest BCUT2D eigenvalue weighted by Gasteiger charge is -2.11. The molecule has 1 aromatic heterocycles. The van der Waals surface area contributed by atoms with E-state index in [1.165, 1.54) is 37.6 Å². The number of pyridine rings is 1. The predicted octanol–water partition coefficient (Wildman–Crippen LogP) is 3.11. The molecule has 1 aromatic carbocycles. The Morgan fingerprint density at radius 3 is 2.76 bits per heavy atom. The zero-order chi connectivity index (χ0) is 15.4. The quantitative estimate of drug-likeness (QED) is 0.933. The van der Waals surface area contributed by atoms with Crippen molar-refractivity contribution in [2.24, 2.45) is 0 Å². The van der Waals surface area contributed by atoms with Crippen molar-refractivity contribution in [1.82, 2.24) is 4.98 Å². The maximum atomic E-state index is 11.0. The van der Waals surface area contributed by atoms with Crippen LogP contribution < -0.4 is 9.47 Å². The van der Waals surface area contributed by atoms with Crippen LogP contribution in [0.3, 0.4) is 0 Å². The molecule has 0 atom stereocenters. The lowest BCUT2D eigenvalue weighted by atomic mass is 10.2. The van der Waals surface area contributed by atoms with Crippen molar-refractivity contribution in [3.8, 4) is 23.4 Å². The molecule has 0 saturated carbocycles. The molecule has 0 spiro atoms. The number of hydrogen-bond donors (Lipinski definition) is 1. The number of hydrogen-bond acceptors (Lipinski definition) is 5. The monoisotopic (exact) mass is 304 g/mol. The molecular formula is C14H9ClN2O4. The smallest absolute Gasteiger partial charge is 0.335 e. The molecule has 0 bridgehead atoms. The zero-order valence-electron chi connectivity index (χ0n) is 10.8. The Morgan fingerprint density at radius 2 is 2.14 bits per heavy atom. The Kier molecular flexibility index (Phi) is 4.26. The molecule has 21 heavy (non-hydrogen) atoms. The average Bonchev–Trinajstić information content (AvgIpc) is 2.49. The summed E-state index contributed by atoms with van der Waals surface area (Å²) in [5.41, 5.74) is 0.230. The molecule has 0 aliphatic heterocycles. The van der Waals surface area contributed by atoms with Crippen LogP contribution in [0.1, 0.15) is 15.9 Å². The van der Waals surface area contributed by atoms with E-state index < -0.39 is 5.97 Å². The van der Waals surface area contributed by atoms with E-state index >= 15 is 0 Å². The summed E-state index contributed by atoms with van der Waals surface area (Å²) in [5.74, 6) is -0.647. The molecule has 106 valence electrons. The summed E-state index contributed by atoms with van der Waals surface area (Å²) in [5, 5.41) is 17.9. The number of rotatable bonds is 4. The van der Waals surface area contributed by atoms with Crippen LogP contribution in [0, 0.1) is 11.3 Å². The molecule has 2 rings (SSSR count). The molecule has 0 aliphatic rings. The average molecular weight is 305 g/mol. The number of ether oxygens (including phenoxy) is 2. The van der Waals surface area contributed by atoms with Gasteiger partial charge >= 0.3 is 5.97 Å². The summed E-state index contributed by atoms with van der Waals surface area (Å²) in [6, 6.07) is 7.48. The number of benzene rings is 1. The van der Waals surface area contributed by atoms with Gasteiger partial charge in [0, 0.05) is 6.20 Å². The second kappa shape index (κ2) is 6.11. The zero-order valence-corrected chi connectivity index (χ0v) is 11.6. The molecule has 1 heterocycles. The Bertz CT molecular complexity index is 740. The van der Waals surface area contributed by atoms with Crippen molar-refractivity contribution in [2.45, 2.75) is 0 Å². The van der Waals surface area contributed by atoms with Crippen molar-refractivity contribution in [3.05, 3.63) is 46.6 Å². The van der Waals surface area contributed by atoms with Gasteiger partial charge in [0.15, 0.2) is 11.5 Å². The fourth-order valence-corrected chi connectivity index (χ4v) is 1.77. The molecular weight excluding hydrogens is 296 g/mol. The molecule has 0 saturated heterocycles. The second-order valence-corrected chi connectivity index (χ2v) is 4.24. The van der Waals surface area contributed by atoms with E-state index in [1.54, 1.807) is 0 Å². The number of carboxylic acid groups (broad SMARTS) is 1. The van der Waals surface area contributed by atoms with E-state index in [0.717, 1.165) is 0 Å². The predicted molar refractivity (Wildman–Crippen MR) is 74.0 cm³/mol. The molecule has 7 heteroatoms. The van der Waals surface area contributed by atoms with Crippen molar-refractivity contribution in [1.29, 1.82) is 5.26 Å². The van der Waals surface area contributed by atoms with Crippen molar-refractivity contribution in [2.75, 3.05) is 7.11 Å². The van der Waals surface area contributed by atoms with Gasteiger partial charge in [0.05, 0.1) is 18.2 Å². The van der Waals surface area contributed by atoms with Gasteiger partial charge in [0.2, 0.25) is 5.88 Å². The van der Waals surface area contributed by atoms with Gasteiger partial charge in [0.1, 0.15) is 11.1 Å². The van der Waals surface area contributed by atoms with E-state index in [9.17, 15) is 4.79 Å². The Balaban J connectivity index is 2.46. The van der Waals surface area contributed by atoms with Gasteiger partial charge in [-0.15, -0.1) is 0 Å². The van der Waals surface area contributed by atoms with E-state index in [2.05, 4.69) is 4.98 Å². The van der Waals surface area contributed by atoms with Crippen LogP contribution in [0.2, 0.25) is 5.02 Å². The van der Waals surface area contributed by atoms with E-state index in [1.807, 2.05) is 6.07 Å². The number of aromatic nitrogens is 1. The summed E-state index contributed by atoms with van der Waals surface area (Å²) in [6.07, 6.45) is 1.37. The largest absolute Gasteiger partial charge is 0.493 e. The first-order valence-electron chi connectivity index (χ1n) is 5.70. The summed E-state index contributed by atoms with van der Waals surface area (Å²) < 4.78 is 10.6. The van der Waals surface area contributed by atoms with Gasteiger partial charge in [-0.05, 0) is 24.3 Å². The lowest BCUT2D eigenvalue weighted by Crippen LogP contribution is -1.99. The van der Waals surface area contributed by atoms with Gasteiger partial charge in [-0.3, -0.25) is 0 Å². The summed E-state index contributed by atoms with van der Waals surface area (Å²) >= 11 is 5.99. The van der Waals surface area contributed by atoms with Crippen LogP contribution in [0.4, 0.5) is 0 Å². The molecule has 1 N–H and O–H groups in total. The van der Waals surface area contributed by atoms with Gasteiger partial charge in [-0.25, -0.2) is 9.78 Å². The molecule has 0 fully saturated rings. The fourth-order valence-electron chi connectivity index (χ4n) is 1.58. The highest BCUT2D eigenvalue weighted by Gasteiger charge is 2.15. The van der Waals surface area contributed by atoms with Crippen molar-refractivity contribution >= 4 is 17.6 Å². The lowest BCUT2D eigenvalue weighted by molar-refractivity contribution is 0.0696. The topological polar surface area (TPSA) is 92.4 Å². The number of carbonyl (C=O) groups is 1. The SMILES string of the molecule is COc1ccc(C(=O)O)cc1Oc1nccc(C#N)c1Cl. The van der Waals surface area contributed by atoms with Crippen LogP contribution in [-0.2, 0) is 0 Å². The molecule has 2 aromatic rings. The first-order chi connectivity index (χ1) is 10.1. The number of aromatic carboxylic acids is 1. The molecule has 0 amide bonds. The Labute approximate surface area is 125 Å². The third kappa shape index (κ3) is 3.04. The van der Waals surface area contributed by atoms with Gasteiger partial charge in [0.25, 0.3) is 0 Å². The summed E-state index contributed by atoms with van der Waals surface area (Å²) in [4.78, 5) is 14.9. The molecule has 6 nitrogen and oxygen atoms in total. The van der Waals surface area contributed by atoms with Gasteiger partial charge in [-0.1, -0.05) is 11.6 Å². The van der Waals surface area contributed by atoms with Crippen LogP contribution in [0.15, 0.2) is 30.5 Å². The van der Waals surface area contributed by atoms with E-state index in [-0.39, 0.29) is 27.8 Å². The summed E-state index contributed by atoms with van der Waals surface area (Å²) in [6.45, 7) is 0. The number of nitriles is 1. The highest BCUT2D eigenvalue weighted by molar-refractivity contribution is 6.33. The third-order valence-corrected chi connectivity index (χ3v) is 2.96. The standard InChI is InChI=1S/C14H9ClN2O4/c1-20-10-3-2-8(14(18)19)6-11(10)21-13-12(15)9(7-16)4-5-17-13/h2-6H,1H3,(H,18,19). The third-order valence-electron chi connectivity index (χ3n) is 2.59. The first-order valence-corrected chi connectivity index (χ1v) is 6.08. The van der Waals surface area contributed by atoms with Gasteiger partial charge < -0.3 is 14.6 Å². The number of nitrogens with zero attached hydrogens (tertiary/aromatic N) is 2. The maximum absolute atomic E-state index is 11.0. The maximum Gasteiger partial charge on any atom is 0.335 e. The van der Waals surface area contributed by atoms with E-state index in [0.29, 0.717) is 5.75 Å². The van der Waals surface area contributed by atoms with Crippen LogP contribution >= 0.6 is 11.6 Å². The highest BCUT2D eigenvalue weighted by Crippen LogP contribution is 2.35. The number of carboxylic acids is 1. The first kappa shape index (κ1) is 14.6. The van der Waals surface area contributed by atoms with Crippen LogP contribution in [0.25, 0.3) is 0 Å². The van der Waals surface area contributed by atoms with E-state index in [4.69, 9.17) is 31.4 Å². The number of halogens is 1. The Morgan fingerprint density at radius 1 is 1.38 bits per heavy atom. The minimum atomic E-state index is -1.10. The molecule has 0 unspecified atom stereocenters. The van der Waals surface area contributed by atoms with Crippen molar-refractivity contribution in [3.63, 3.8) is 0 Å². The highest BCUT2D eigenvalue weighted by atomic mass is 35.5. The number of methoxy groups -OCH3 is 1. The normalized spacial score (nSPS) is 9.76. The van der Waals surface area contributed by atoms with Crippen molar-refractivity contribution < 1.29 is 19.4 Å².